The Labute approximate surface area is 190 Å². The number of aromatic nitrogens is 3. The van der Waals surface area contributed by atoms with Crippen LogP contribution in [0.5, 0.6) is 11.5 Å². The van der Waals surface area contributed by atoms with Crippen molar-refractivity contribution < 1.29 is 9.47 Å². The highest BCUT2D eigenvalue weighted by Gasteiger charge is 2.19. The van der Waals surface area contributed by atoms with Crippen LogP contribution in [0.4, 0.5) is 0 Å². The van der Waals surface area contributed by atoms with Crippen LogP contribution in [0, 0.1) is 0 Å². The molecule has 2 aromatic heterocycles. The van der Waals surface area contributed by atoms with Gasteiger partial charge in [0.2, 0.25) is 0 Å². The number of nitrogens with zero attached hydrogens (tertiary/aromatic N) is 3. The number of benzene rings is 2. The molecule has 0 atom stereocenters. The van der Waals surface area contributed by atoms with E-state index >= 15 is 0 Å². The maximum absolute atomic E-state index is 13.1. The maximum Gasteiger partial charge on any atom is 0.330 e. The second kappa shape index (κ2) is 8.59. The van der Waals surface area contributed by atoms with E-state index < -0.39 is 0 Å². The molecular formula is C24H24ClN3O4. The van der Waals surface area contributed by atoms with Gasteiger partial charge in [-0.15, -0.1) is 0 Å². The fourth-order valence-corrected chi connectivity index (χ4v) is 4.10. The molecule has 0 fully saturated rings. The van der Waals surface area contributed by atoms with Gasteiger partial charge in [-0.2, -0.15) is 0 Å². The molecule has 0 saturated carbocycles. The first kappa shape index (κ1) is 21.8. The van der Waals surface area contributed by atoms with Crippen molar-refractivity contribution in [3.8, 4) is 22.8 Å². The molecule has 0 N–H and O–H groups in total. The molecule has 7 nitrogen and oxygen atoms in total. The van der Waals surface area contributed by atoms with Gasteiger partial charge in [-0.05, 0) is 41.8 Å². The Bertz CT molecular complexity index is 1410. The molecule has 0 aliphatic carbocycles. The first-order valence-corrected chi connectivity index (χ1v) is 10.5. The Kier molecular flexibility index (Phi) is 5.84. The zero-order valence-electron chi connectivity index (χ0n) is 18.4. The monoisotopic (exact) mass is 453 g/mol. The summed E-state index contributed by atoms with van der Waals surface area (Å²) in [5.74, 6) is 1.33. The van der Waals surface area contributed by atoms with E-state index in [0.29, 0.717) is 40.4 Å². The summed E-state index contributed by atoms with van der Waals surface area (Å²) >= 11 is 6.09. The van der Waals surface area contributed by atoms with Crippen LogP contribution in [0.1, 0.15) is 5.56 Å². The van der Waals surface area contributed by atoms with E-state index in [4.69, 9.17) is 21.1 Å². The van der Waals surface area contributed by atoms with Gasteiger partial charge in [0.1, 0.15) is 0 Å². The summed E-state index contributed by atoms with van der Waals surface area (Å²) in [6.45, 7) is 0.597. The molecule has 8 heteroatoms. The van der Waals surface area contributed by atoms with Crippen molar-refractivity contribution in [1.82, 2.24) is 13.7 Å². The largest absolute Gasteiger partial charge is 0.493 e. The molecule has 0 radical (unpaired) electrons. The third-order valence-corrected chi connectivity index (χ3v) is 5.97. The molecule has 32 heavy (non-hydrogen) atoms. The summed E-state index contributed by atoms with van der Waals surface area (Å²) in [4.78, 5) is 25.6. The molecule has 2 aromatic carbocycles. The molecule has 4 aromatic rings. The Morgan fingerprint density at radius 1 is 0.906 bits per heavy atom. The van der Waals surface area contributed by atoms with Gasteiger partial charge in [0.05, 0.1) is 30.8 Å². The number of hydrogen-bond donors (Lipinski definition) is 0. The van der Waals surface area contributed by atoms with E-state index in [1.165, 1.54) is 11.6 Å². The first-order valence-electron chi connectivity index (χ1n) is 10.1. The fraction of sp³-hybridized carbons (Fsp3) is 0.250. The van der Waals surface area contributed by atoms with Gasteiger partial charge in [0, 0.05) is 31.9 Å². The van der Waals surface area contributed by atoms with Crippen LogP contribution in [0.3, 0.4) is 0 Å². The smallest absolute Gasteiger partial charge is 0.330 e. The third-order valence-electron chi connectivity index (χ3n) is 5.72. The summed E-state index contributed by atoms with van der Waals surface area (Å²) in [6.07, 6.45) is 2.55. The number of halogens is 1. The van der Waals surface area contributed by atoms with Crippen molar-refractivity contribution >= 4 is 22.5 Å². The average Bonchev–Trinajstić information content (AvgIpc) is 3.20. The lowest BCUT2D eigenvalue weighted by Gasteiger charge is -2.12. The fourth-order valence-electron chi connectivity index (χ4n) is 3.97. The minimum atomic E-state index is -0.359. The van der Waals surface area contributed by atoms with Crippen molar-refractivity contribution in [2.24, 2.45) is 14.1 Å². The zero-order valence-corrected chi connectivity index (χ0v) is 19.1. The first-order chi connectivity index (χ1) is 15.3. The number of rotatable bonds is 6. The van der Waals surface area contributed by atoms with Crippen LogP contribution in [0.15, 0.2) is 58.3 Å². The molecule has 4 rings (SSSR count). The van der Waals surface area contributed by atoms with Crippen LogP contribution in [0.2, 0.25) is 5.02 Å². The predicted octanol–water partition coefficient (Wildman–Crippen LogP) is 3.62. The normalized spacial score (nSPS) is 11.2. The second-order valence-corrected chi connectivity index (χ2v) is 8.02. The minimum absolute atomic E-state index is 0.321. The van der Waals surface area contributed by atoms with Gasteiger partial charge in [-0.1, -0.05) is 29.8 Å². The Morgan fingerprint density at radius 3 is 2.25 bits per heavy atom. The zero-order chi connectivity index (χ0) is 23.0. The van der Waals surface area contributed by atoms with Crippen LogP contribution >= 0.6 is 11.6 Å². The molecule has 0 unspecified atom stereocenters. The summed E-state index contributed by atoms with van der Waals surface area (Å²) in [6, 6.07) is 13.2. The lowest BCUT2D eigenvalue weighted by atomic mass is 10.1. The Hall–Kier alpha value is -3.45. The molecule has 0 saturated heterocycles. The second-order valence-electron chi connectivity index (χ2n) is 7.58. The van der Waals surface area contributed by atoms with Crippen molar-refractivity contribution in [1.29, 1.82) is 0 Å². The molecule has 0 bridgehead atoms. The molecule has 0 amide bonds. The highest BCUT2D eigenvalue weighted by Crippen LogP contribution is 2.31. The SMILES string of the molecule is COc1ccc(CCn2cc3c(c2-c2ccc(Cl)cc2)c(=O)n(C)c(=O)n3C)cc1OC. The summed E-state index contributed by atoms with van der Waals surface area (Å²) in [5.41, 5.74) is 2.58. The van der Waals surface area contributed by atoms with Crippen molar-refractivity contribution in [2.75, 3.05) is 14.2 Å². The van der Waals surface area contributed by atoms with Crippen LogP contribution < -0.4 is 20.7 Å². The number of fused-ring (bicyclic) bond motifs is 1. The van der Waals surface area contributed by atoms with Crippen LogP contribution in [0.25, 0.3) is 22.2 Å². The highest BCUT2D eigenvalue weighted by atomic mass is 35.5. The van der Waals surface area contributed by atoms with E-state index in [0.717, 1.165) is 21.4 Å². The Balaban J connectivity index is 1.85. The molecule has 0 spiro atoms. The molecule has 0 aliphatic rings. The lowest BCUT2D eigenvalue weighted by Crippen LogP contribution is -2.36. The average molecular weight is 454 g/mol. The quantitative estimate of drug-likeness (QED) is 0.447. The van der Waals surface area contributed by atoms with Crippen molar-refractivity contribution in [3.63, 3.8) is 0 Å². The van der Waals surface area contributed by atoms with Gasteiger partial charge in [-0.3, -0.25) is 13.9 Å². The van der Waals surface area contributed by atoms with E-state index in [2.05, 4.69) is 0 Å². The van der Waals surface area contributed by atoms with Crippen molar-refractivity contribution in [3.05, 3.63) is 80.1 Å². The molecule has 2 heterocycles. The van der Waals surface area contributed by atoms with Crippen LogP contribution in [-0.2, 0) is 27.1 Å². The molecule has 166 valence electrons. The van der Waals surface area contributed by atoms with Crippen molar-refractivity contribution in [2.45, 2.75) is 13.0 Å². The molecule has 0 aliphatic heterocycles. The lowest BCUT2D eigenvalue weighted by molar-refractivity contribution is 0.354. The van der Waals surface area contributed by atoms with Gasteiger partial charge >= 0.3 is 5.69 Å². The summed E-state index contributed by atoms with van der Waals surface area (Å²) < 4.78 is 15.4. The number of aryl methyl sites for hydroxylation is 3. The summed E-state index contributed by atoms with van der Waals surface area (Å²) in [5, 5.41) is 1.12. The number of methoxy groups -OCH3 is 2. The maximum atomic E-state index is 13.1. The van der Waals surface area contributed by atoms with Crippen LogP contribution in [-0.4, -0.2) is 27.9 Å². The van der Waals surface area contributed by atoms with E-state index in [1.54, 1.807) is 33.4 Å². The van der Waals surface area contributed by atoms with Gasteiger partial charge < -0.3 is 14.0 Å². The third kappa shape index (κ3) is 3.69. The van der Waals surface area contributed by atoms with E-state index in [1.807, 2.05) is 41.1 Å². The number of ether oxygens (including phenoxy) is 2. The minimum Gasteiger partial charge on any atom is -0.493 e. The predicted molar refractivity (Wildman–Crippen MR) is 126 cm³/mol. The van der Waals surface area contributed by atoms with Gasteiger partial charge in [0.25, 0.3) is 5.56 Å². The topological polar surface area (TPSA) is 67.4 Å². The number of hydrogen-bond acceptors (Lipinski definition) is 4. The standard InChI is InChI=1S/C24H24ClN3O4/c1-26-18-14-28(12-11-15-5-10-19(31-3)20(13-15)32-4)22(16-6-8-17(25)9-7-16)21(18)23(29)27(2)24(26)30/h5-10,13-14H,11-12H2,1-4H3. The Morgan fingerprint density at radius 2 is 1.59 bits per heavy atom. The van der Waals surface area contributed by atoms with Gasteiger partial charge in [-0.25, -0.2) is 4.79 Å². The van der Waals surface area contributed by atoms with Gasteiger partial charge in [0.15, 0.2) is 11.5 Å². The van der Waals surface area contributed by atoms with E-state index in [-0.39, 0.29) is 11.2 Å². The van der Waals surface area contributed by atoms with E-state index in [9.17, 15) is 9.59 Å². The summed E-state index contributed by atoms with van der Waals surface area (Å²) in [7, 11) is 6.38. The molecular weight excluding hydrogens is 430 g/mol. The highest BCUT2D eigenvalue weighted by molar-refractivity contribution is 6.30.